The molecule has 0 aliphatic rings. The second kappa shape index (κ2) is 7.31. The molecule has 19 heavy (non-hydrogen) atoms. The SMILES string of the molecule is CSC(C)CCNCc1cnn(-c2ccccc2)n1. The van der Waals surface area contributed by atoms with Gasteiger partial charge in [-0.1, -0.05) is 25.1 Å². The first-order valence-corrected chi connectivity index (χ1v) is 7.78. The smallest absolute Gasteiger partial charge is 0.0969 e. The summed E-state index contributed by atoms with van der Waals surface area (Å²) in [4.78, 5) is 1.67. The Morgan fingerprint density at radius 3 is 2.84 bits per heavy atom. The summed E-state index contributed by atoms with van der Waals surface area (Å²) in [6.45, 7) is 4.03. The summed E-state index contributed by atoms with van der Waals surface area (Å²) in [6.07, 6.45) is 5.14. The highest BCUT2D eigenvalue weighted by atomic mass is 32.2. The number of nitrogens with one attached hydrogen (secondary N) is 1. The van der Waals surface area contributed by atoms with Crippen LogP contribution in [0.5, 0.6) is 0 Å². The van der Waals surface area contributed by atoms with E-state index in [1.54, 1.807) is 4.80 Å². The molecule has 1 aromatic carbocycles. The molecule has 0 saturated carbocycles. The van der Waals surface area contributed by atoms with E-state index in [4.69, 9.17) is 0 Å². The van der Waals surface area contributed by atoms with Crippen LogP contribution >= 0.6 is 11.8 Å². The normalized spacial score (nSPS) is 12.5. The summed E-state index contributed by atoms with van der Waals surface area (Å²) < 4.78 is 0. The second-order valence-corrected chi connectivity index (χ2v) is 5.75. The predicted octanol–water partition coefficient (Wildman–Crippen LogP) is 2.50. The van der Waals surface area contributed by atoms with E-state index in [0.29, 0.717) is 5.25 Å². The molecule has 1 N–H and O–H groups in total. The van der Waals surface area contributed by atoms with Crippen molar-refractivity contribution < 1.29 is 0 Å². The maximum absolute atomic E-state index is 4.46. The lowest BCUT2D eigenvalue weighted by atomic mass is 10.3. The van der Waals surface area contributed by atoms with Crippen LogP contribution in [0, 0.1) is 0 Å². The van der Waals surface area contributed by atoms with Crippen LogP contribution in [0.2, 0.25) is 0 Å². The zero-order chi connectivity index (χ0) is 13.5. The number of hydrogen-bond acceptors (Lipinski definition) is 4. The molecule has 1 aromatic heterocycles. The predicted molar refractivity (Wildman–Crippen MR) is 80.7 cm³/mol. The molecule has 0 radical (unpaired) electrons. The minimum absolute atomic E-state index is 0.701. The van der Waals surface area contributed by atoms with Crippen LogP contribution in [-0.2, 0) is 6.54 Å². The van der Waals surface area contributed by atoms with Crippen molar-refractivity contribution in [1.82, 2.24) is 20.3 Å². The van der Waals surface area contributed by atoms with Gasteiger partial charge in [0.05, 0.1) is 17.6 Å². The molecular weight excluding hydrogens is 256 g/mol. The Morgan fingerprint density at radius 2 is 2.11 bits per heavy atom. The van der Waals surface area contributed by atoms with Crippen LogP contribution in [0.3, 0.4) is 0 Å². The van der Waals surface area contributed by atoms with Crippen LogP contribution < -0.4 is 5.32 Å². The molecule has 0 saturated heterocycles. The first-order valence-electron chi connectivity index (χ1n) is 6.49. The van der Waals surface area contributed by atoms with Crippen molar-refractivity contribution in [3.05, 3.63) is 42.2 Å². The summed E-state index contributed by atoms with van der Waals surface area (Å²) in [6, 6.07) is 9.96. The van der Waals surface area contributed by atoms with Gasteiger partial charge in [0.25, 0.3) is 0 Å². The van der Waals surface area contributed by atoms with Crippen molar-refractivity contribution >= 4 is 11.8 Å². The standard InChI is InChI=1S/C14H20N4S/c1-12(19-2)8-9-15-10-13-11-16-18(17-13)14-6-4-3-5-7-14/h3-7,11-12,15H,8-10H2,1-2H3. The van der Waals surface area contributed by atoms with Crippen LogP contribution in [0.4, 0.5) is 0 Å². The molecule has 1 unspecified atom stereocenters. The Balaban J connectivity index is 1.82. The molecular formula is C14H20N4S. The summed E-state index contributed by atoms with van der Waals surface area (Å²) >= 11 is 1.90. The Labute approximate surface area is 118 Å². The Bertz CT molecular complexity index is 483. The number of benzene rings is 1. The number of aromatic nitrogens is 3. The molecule has 0 aliphatic carbocycles. The van der Waals surface area contributed by atoms with Gasteiger partial charge in [-0.2, -0.15) is 26.8 Å². The van der Waals surface area contributed by atoms with E-state index in [-0.39, 0.29) is 0 Å². The molecule has 0 aliphatic heterocycles. The summed E-state index contributed by atoms with van der Waals surface area (Å²) in [7, 11) is 0. The average Bonchev–Trinajstić information content (AvgIpc) is 2.93. The van der Waals surface area contributed by atoms with Gasteiger partial charge in [0.15, 0.2) is 0 Å². The van der Waals surface area contributed by atoms with Crippen LogP contribution in [0.15, 0.2) is 36.5 Å². The number of para-hydroxylation sites is 1. The lowest BCUT2D eigenvalue weighted by Crippen LogP contribution is -2.18. The van der Waals surface area contributed by atoms with Crippen LogP contribution in [0.1, 0.15) is 19.0 Å². The first kappa shape index (κ1) is 14.1. The molecule has 1 heterocycles. The maximum atomic E-state index is 4.46. The van der Waals surface area contributed by atoms with Crippen LogP contribution in [-0.4, -0.2) is 33.0 Å². The molecule has 4 nitrogen and oxygen atoms in total. The number of thioether (sulfide) groups is 1. The topological polar surface area (TPSA) is 42.7 Å². The van der Waals surface area contributed by atoms with E-state index < -0.39 is 0 Å². The zero-order valence-corrected chi connectivity index (χ0v) is 12.2. The Kier molecular flexibility index (Phi) is 5.42. The minimum atomic E-state index is 0.701. The van der Waals surface area contributed by atoms with Gasteiger partial charge in [-0.05, 0) is 31.4 Å². The van der Waals surface area contributed by atoms with Gasteiger partial charge >= 0.3 is 0 Å². The number of hydrogen-bond donors (Lipinski definition) is 1. The van der Waals surface area contributed by atoms with E-state index in [1.165, 1.54) is 6.42 Å². The van der Waals surface area contributed by atoms with Gasteiger partial charge in [0, 0.05) is 11.8 Å². The minimum Gasteiger partial charge on any atom is -0.311 e. The third-order valence-corrected chi connectivity index (χ3v) is 4.00. The van der Waals surface area contributed by atoms with Crippen molar-refractivity contribution in [3.8, 4) is 5.69 Å². The summed E-state index contributed by atoms with van der Waals surface area (Å²) in [5.74, 6) is 0. The third kappa shape index (κ3) is 4.36. The van der Waals surface area contributed by atoms with Gasteiger partial charge in [0.1, 0.15) is 0 Å². The quantitative estimate of drug-likeness (QED) is 0.789. The van der Waals surface area contributed by atoms with E-state index in [0.717, 1.165) is 24.5 Å². The van der Waals surface area contributed by atoms with Gasteiger partial charge < -0.3 is 5.32 Å². The van der Waals surface area contributed by atoms with E-state index in [1.807, 2.05) is 48.3 Å². The average molecular weight is 276 g/mol. The third-order valence-electron chi connectivity index (χ3n) is 2.96. The van der Waals surface area contributed by atoms with Crippen molar-refractivity contribution in [2.24, 2.45) is 0 Å². The molecule has 2 aromatic rings. The Hall–Kier alpha value is -1.33. The first-order chi connectivity index (χ1) is 9.29. The fourth-order valence-electron chi connectivity index (χ4n) is 1.70. The molecule has 0 fully saturated rings. The fourth-order valence-corrected chi connectivity index (χ4v) is 2.05. The van der Waals surface area contributed by atoms with Gasteiger partial charge in [-0.3, -0.25) is 0 Å². The molecule has 5 heteroatoms. The summed E-state index contributed by atoms with van der Waals surface area (Å²) in [5, 5.41) is 12.8. The number of nitrogens with zero attached hydrogens (tertiary/aromatic N) is 3. The summed E-state index contributed by atoms with van der Waals surface area (Å²) in [5.41, 5.74) is 1.96. The highest BCUT2D eigenvalue weighted by Crippen LogP contribution is 2.08. The van der Waals surface area contributed by atoms with Crippen molar-refractivity contribution in [2.75, 3.05) is 12.8 Å². The molecule has 0 amide bonds. The number of rotatable bonds is 7. The molecule has 0 bridgehead atoms. The van der Waals surface area contributed by atoms with Crippen LogP contribution in [0.25, 0.3) is 5.69 Å². The van der Waals surface area contributed by atoms with Gasteiger partial charge in [-0.15, -0.1) is 0 Å². The molecule has 0 spiro atoms. The highest BCUT2D eigenvalue weighted by molar-refractivity contribution is 7.99. The van der Waals surface area contributed by atoms with Crippen molar-refractivity contribution in [3.63, 3.8) is 0 Å². The monoisotopic (exact) mass is 276 g/mol. The van der Waals surface area contributed by atoms with E-state index >= 15 is 0 Å². The fraction of sp³-hybridized carbons (Fsp3) is 0.429. The zero-order valence-electron chi connectivity index (χ0n) is 11.4. The second-order valence-electron chi connectivity index (χ2n) is 4.47. The molecule has 2 rings (SSSR count). The highest BCUT2D eigenvalue weighted by Gasteiger charge is 2.03. The van der Waals surface area contributed by atoms with E-state index in [9.17, 15) is 0 Å². The Morgan fingerprint density at radius 1 is 1.32 bits per heavy atom. The largest absolute Gasteiger partial charge is 0.311 e. The van der Waals surface area contributed by atoms with Gasteiger partial charge in [0.2, 0.25) is 0 Å². The molecule has 102 valence electrons. The van der Waals surface area contributed by atoms with Crippen molar-refractivity contribution in [1.29, 1.82) is 0 Å². The molecule has 1 atom stereocenters. The maximum Gasteiger partial charge on any atom is 0.0969 e. The van der Waals surface area contributed by atoms with Gasteiger partial charge in [-0.25, -0.2) is 0 Å². The van der Waals surface area contributed by atoms with E-state index in [2.05, 4.69) is 28.7 Å². The lowest BCUT2D eigenvalue weighted by Gasteiger charge is -2.07. The lowest BCUT2D eigenvalue weighted by molar-refractivity contribution is 0.631. The van der Waals surface area contributed by atoms with Crippen molar-refractivity contribution in [2.45, 2.75) is 25.1 Å².